The van der Waals surface area contributed by atoms with Crippen LogP contribution < -0.4 is 5.32 Å². The van der Waals surface area contributed by atoms with Crippen molar-refractivity contribution >= 4 is 5.95 Å². The monoisotopic (exact) mass is 213 g/mol. The third kappa shape index (κ3) is 4.73. The number of rotatable bonds is 7. The Morgan fingerprint density at radius 1 is 1.40 bits per heavy atom. The van der Waals surface area contributed by atoms with Gasteiger partial charge >= 0.3 is 0 Å². The van der Waals surface area contributed by atoms with Crippen molar-refractivity contribution in [2.45, 2.75) is 32.8 Å². The fourth-order valence-corrected chi connectivity index (χ4v) is 1.13. The first kappa shape index (κ1) is 11.9. The van der Waals surface area contributed by atoms with Gasteiger partial charge in [-0.25, -0.2) is 4.68 Å². The van der Waals surface area contributed by atoms with E-state index in [9.17, 15) is 0 Å². The van der Waals surface area contributed by atoms with E-state index in [0.717, 1.165) is 26.0 Å². The smallest absolute Gasteiger partial charge is 0.242 e. The lowest BCUT2D eigenvalue weighted by atomic mass is 10.3. The molecule has 0 spiro atoms. The number of aromatic nitrogens is 4. The van der Waals surface area contributed by atoms with Crippen LogP contribution >= 0.6 is 0 Å². The number of hydrogen-bond acceptors (Lipinski definition) is 5. The molecule has 6 heteroatoms. The highest BCUT2D eigenvalue weighted by Crippen LogP contribution is 1.98. The molecular formula is C9H19N5O. The van der Waals surface area contributed by atoms with Gasteiger partial charge in [0.1, 0.15) is 0 Å². The van der Waals surface area contributed by atoms with E-state index in [1.807, 2.05) is 20.9 Å². The third-order valence-corrected chi connectivity index (χ3v) is 1.93. The van der Waals surface area contributed by atoms with Crippen molar-refractivity contribution in [1.82, 2.24) is 20.2 Å². The van der Waals surface area contributed by atoms with E-state index in [4.69, 9.17) is 4.74 Å². The van der Waals surface area contributed by atoms with Gasteiger partial charge in [-0.05, 0) is 37.1 Å². The molecule has 0 amide bonds. The molecule has 0 aromatic carbocycles. The number of nitrogens with one attached hydrogen (secondary N) is 1. The van der Waals surface area contributed by atoms with Crippen molar-refractivity contribution in [3.63, 3.8) is 0 Å². The zero-order valence-corrected chi connectivity index (χ0v) is 9.60. The Morgan fingerprint density at radius 2 is 2.20 bits per heavy atom. The van der Waals surface area contributed by atoms with Gasteiger partial charge in [0.25, 0.3) is 0 Å². The van der Waals surface area contributed by atoms with Crippen LogP contribution in [0.2, 0.25) is 0 Å². The molecule has 0 saturated heterocycles. The van der Waals surface area contributed by atoms with E-state index in [1.54, 1.807) is 4.68 Å². The van der Waals surface area contributed by atoms with Gasteiger partial charge in [0.2, 0.25) is 5.95 Å². The summed E-state index contributed by atoms with van der Waals surface area (Å²) in [6, 6.07) is 0. The Balaban J connectivity index is 2.00. The SMILES string of the molecule is CC(C)OCCCCNc1nnnn1C. The molecule has 0 aliphatic carbocycles. The molecule has 1 heterocycles. The Morgan fingerprint density at radius 3 is 2.80 bits per heavy atom. The van der Waals surface area contributed by atoms with Gasteiger partial charge in [-0.3, -0.25) is 0 Å². The van der Waals surface area contributed by atoms with Crippen LogP contribution in [0, 0.1) is 0 Å². The molecule has 1 aromatic rings. The summed E-state index contributed by atoms with van der Waals surface area (Å²) in [7, 11) is 1.81. The maximum absolute atomic E-state index is 5.43. The van der Waals surface area contributed by atoms with Crippen LogP contribution in [-0.4, -0.2) is 39.5 Å². The minimum Gasteiger partial charge on any atom is -0.379 e. The van der Waals surface area contributed by atoms with Gasteiger partial charge in [0, 0.05) is 20.2 Å². The van der Waals surface area contributed by atoms with Gasteiger partial charge in [-0.1, -0.05) is 5.10 Å². The first-order valence-corrected chi connectivity index (χ1v) is 5.28. The van der Waals surface area contributed by atoms with Gasteiger partial charge in [0.05, 0.1) is 6.10 Å². The second-order valence-electron chi connectivity index (χ2n) is 3.68. The second kappa shape index (κ2) is 6.34. The molecule has 0 atom stereocenters. The minimum atomic E-state index is 0.320. The first-order chi connectivity index (χ1) is 7.20. The molecule has 0 saturated carbocycles. The number of unbranched alkanes of at least 4 members (excludes halogenated alkanes) is 1. The third-order valence-electron chi connectivity index (χ3n) is 1.93. The highest BCUT2D eigenvalue weighted by Gasteiger charge is 1.99. The van der Waals surface area contributed by atoms with E-state index in [-0.39, 0.29) is 0 Å². The molecule has 0 bridgehead atoms. The van der Waals surface area contributed by atoms with Crippen LogP contribution in [0.5, 0.6) is 0 Å². The van der Waals surface area contributed by atoms with Crippen LogP contribution in [0.4, 0.5) is 5.95 Å². The highest BCUT2D eigenvalue weighted by atomic mass is 16.5. The van der Waals surface area contributed by atoms with Crippen molar-refractivity contribution in [3.8, 4) is 0 Å². The number of hydrogen-bond donors (Lipinski definition) is 1. The normalized spacial score (nSPS) is 10.9. The number of aryl methyl sites for hydroxylation is 1. The van der Waals surface area contributed by atoms with E-state index in [1.165, 1.54) is 0 Å². The van der Waals surface area contributed by atoms with Crippen LogP contribution in [-0.2, 0) is 11.8 Å². The largest absolute Gasteiger partial charge is 0.379 e. The van der Waals surface area contributed by atoms with Crippen LogP contribution in [0.1, 0.15) is 26.7 Å². The summed E-state index contributed by atoms with van der Waals surface area (Å²) in [4.78, 5) is 0. The van der Waals surface area contributed by atoms with Gasteiger partial charge in [-0.15, -0.1) is 0 Å². The zero-order valence-electron chi connectivity index (χ0n) is 9.60. The van der Waals surface area contributed by atoms with E-state index in [2.05, 4.69) is 20.8 Å². The predicted molar refractivity (Wildman–Crippen MR) is 57.6 cm³/mol. The summed E-state index contributed by atoms with van der Waals surface area (Å²) in [6.07, 6.45) is 2.43. The summed E-state index contributed by atoms with van der Waals surface area (Å²) in [6.45, 7) is 5.78. The average Bonchev–Trinajstić information content (AvgIpc) is 2.57. The van der Waals surface area contributed by atoms with Crippen molar-refractivity contribution in [3.05, 3.63) is 0 Å². The summed E-state index contributed by atoms with van der Waals surface area (Å²) in [5.74, 6) is 0.708. The Labute approximate surface area is 90.0 Å². The average molecular weight is 213 g/mol. The molecule has 0 unspecified atom stereocenters. The summed E-state index contributed by atoms with van der Waals surface area (Å²) < 4.78 is 7.05. The fourth-order valence-electron chi connectivity index (χ4n) is 1.13. The maximum atomic E-state index is 5.43. The molecular weight excluding hydrogens is 194 g/mol. The summed E-state index contributed by atoms with van der Waals surface area (Å²) in [5.41, 5.74) is 0. The molecule has 0 radical (unpaired) electrons. The molecule has 86 valence electrons. The number of tetrazole rings is 1. The Hall–Kier alpha value is -1.17. The summed E-state index contributed by atoms with van der Waals surface area (Å²) >= 11 is 0. The van der Waals surface area contributed by atoms with Gasteiger partial charge in [-0.2, -0.15) is 0 Å². The first-order valence-electron chi connectivity index (χ1n) is 5.28. The molecule has 0 fully saturated rings. The minimum absolute atomic E-state index is 0.320. The Bertz CT molecular complexity index is 273. The molecule has 15 heavy (non-hydrogen) atoms. The van der Waals surface area contributed by atoms with Crippen molar-refractivity contribution < 1.29 is 4.74 Å². The lowest BCUT2D eigenvalue weighted by Crippen LogP contribution is -2.09. The maximum Gasteiger partial charge on any atom is 0.242 e. The highest BCUT2D eigenvalue weighted by molar-refractivity contribution is 5.20. The van der Waals surface area contributed by atoms with Crippen LogP contribution in [0.3, 0.4) is 0 Å². The molecule has 1 N–H and O–H groups in total. The van der Waals surface area contributed by atoms with Gasteiger partial charge in [0.15, 0.2) is 0 Å². The van der Waals surface area contributed by atoms with Crippen LogP contribution in [0.15, 0.2) is 0 Å². The quantitative estimate of drug-likeness (QED) is 0.679. The number of ether oxygens (including phenoxy) is 1. The number of anilines is 1. The van der Waals surface area contributed by atoms with Crippen molar-refractivity contribution in [1.29, 1.82) is 0 Å². The second-order valence-corrected chi connectivity index (χ2v) is 3.68. The molecule has 0 aliphatic heterocycles. The molecule has 1 aromatic heterocycles. The lowest BCUT2D eigenvalue weighted by Gasteiger charge is -2.07. The van der Waals surface area contributed by atoms with E-state index < -0.39 is 0 Å². The molecule has 0 aliphatic rings. The van der Waals surface area contributed by atoms with Crippen molar-refractivity contribution in [2.24, 2.45) is 7.05 Å². The zero-order chi connectivity index (χ0) is 11.1. The van der Waals surface area contributed by atoms with Gasteiger partial charge < -0.3 is 10.1 Å². The number of nitrogens with zero attached hydrogens (tertiary/aromatic N) is 4. The van der Waals surface area contributed by atoms with E-state index >= 15 is 0 Å². The standard InChI is InChI=1S/C9H19N5O/c1-8(2)15-7-5-4-6-10-9-11-12-13-14(9)3/h8H,4-7H2,1-3H3,(H,10,11,13). The van der Waals surface area contributed by atoms with E-state index in [0.29, 0.717) is 12.1 Å². The van der Waals surface area contributed by atoms with Crippen molar-refractivity contribution in [2.75, 3.05) is 18.5 Å². The van der Waals surface area contributed by atoms with Crippen LogP contribution in [0.25, 0.3) is 0 Å². The summed E-state index contributed by atoms with van der Waals surface area (Å²) in [5, 5.41) is 14.2. The Kier molecular flexibility index (Phi) is 5.03. The molecule has 6 nitrogen and oxygen atoms in total. The topological polar surface area (TPSA) is 64.9 Å². The predicted octanol–water partition coefficient (Wildman–Crippen LogP) is 0.827. The molecule has 1 rings (SSSR count). The lowest BCUT2D eigenvalue weighted by molar-refractivity contribution is 0.0765. The fraction of sp³-hybridized carbons (Fsp3) is 0.889.